The molecular formula is C11H19N3O4. The normalized spacial score (nSPS) is 17.3. The van der Waals surface area contributed by atoms with E-state index in [1.165, 1.54) is 4.90 Å². The number of nitrogens with zero attached hydrogens (tertiary/aromatic N) is 2. The monoisotopic (exact) mass is 257 g/mol. The molecule has 0 aromatic rings. The van der Waals surface area contributed by atoms with Gasteiger partial charge in [0.2, 0.25) is 11.8 Å². The van der Waals surface area contributed by atoms with E-state index in [1.807, 2.05) is 0 Å². The summed E-state index contributed by atoms with van der Waals surface area (Å²) in [4.78, 5) is 36.8. The minimum atomic E-state index is -0.316. The van der Waals surface area contributed by atoms with Crippen molar-refractivity contribution >= 4 is 17.8 Å². The molecule has 0 bridgehead atoms. The van der Waals surface area contributed by atoms with Crippen LogP contribution >= 0.6 is 0 Å². The third-order valence-corrected chi connectivity index (χ3v) is 2.70. The van der Waals surface area contributed by atoms with Crippen LogP contribution in [0.25, 0.3) is 0 Å². The third-order valence-electron chi connectivity index (χ3n) is 2.70. The number of hydrogen-bond donors (Lipinski definition) is 2. The fourth-order valence-electron chi connectivity index (χ4n) is 1.68. The molecule has 1 fully saturated rings. The highest BCUT2D eigenvalue weighted by atomic mass is 16.3. The molecule has 0 saturated carbocycles. The Morgan fingerprint density at radius 3 is 2.67 bits per heavy atom. The Morgan fingerprint density at radius 2 is 2.17 bits per heavy atom. The molecule has 0 aromatic heterocycles. The average Bonchev–Trinajstić information content (AvgIpc) is 2.55. The molecule has 0 aromatic carbocycles. The van der Waals surface area contributed by atoms with E-state index in [0.717, 1.165) is 4.90 Å². The molecule has 1 aliphatic heterocycles. The summed E-state index contributed by atoms with van der Waals surface area (Å²) in [6, 6.07) is -0.595. The summed E-state index contributed by atoms with van der Waals surface area (Å²) in [5.74, 6) is -0.421. The highest BCUT2D eigenvalue weighted by Crippen LogP contribution is 2.09. The summed E-state index contributed by atoms with van der Waals surface area (Å²) in [5.41, 5.74) is 0. The van der Waals surface area contributed by atoms with Crippen molar-refractivity contribution in [3.8, 4) is 0 Å². The Hall–Kier alpha value is -1.63. The van der Waals surface area contributed by atoms with Gasteiger partial charge in [-0.1, -0.05) is 0 Å². The summed E-state index contributed by atoms with van der Waals surface area (Å²) in [7, 11) is 1.57. The van der Waals surface area contributed by atoms with Crippen LogP contribution in [0.3, 0.4) is 0 Å². The van der Waals surface area contributed by atoms with Gasteiger partial charge in [0.25, 0.3) is 0 Å². The smallest absolute Gasteiger partial charge is 0.326 e. The van der Waals surface area contributed by atoms with Crippen LogP contribution in [-0.2, 0) is 9.59 Å². The average molecular weight is 257 g/mol. The molecule has 18 heavy (non-hydrogen) atoms. The van der Waals surface area contributed by atoms with Crippen molar-refractivity contribution in [1.29, 1.82) is 0 Å². The van der Waals surface area contributed by atoms with E-state index in [2.05, 4.69) is 5.32 Å². The Bertz CT molecular complexity index is 345. The lowest BCUT2D eigenvalue weighted by Gasteiger charge is -2.14. The number of imide groups is 1. The minimum Gasteiger partial charge on any atom is -0.394 e. The number of urea groups is 1. The molecule has 4 amide bonds. The van der Waals surface area contributed by atoms with Crippen LogP contribution in [0.2, 0.25) is 0 Å². The van der Waals surface area contributed by atoms with Crippen molar-refractivity contribution in [2.24, 2.45) is 0 Å². The number of likely N-dealkylation sites (N-methyl/N-ethyl adjacent to an activating group) is 1. The summed E-state index contributed by atoms with van der Waals surface area (Å²) < 4.78 is 0. The van der Waals surface area contributed by atoms with Crippen molar-refractivity contribution in [3.63, 3.8) is 0 Å². The molecule has 1 aliphatic rings. The molecule has 0 unspecified atom stereocenters. The zero-order valence-corrected chi connectivity index (χ0v) is 10.7. The number of aliphatic hydroxyl groups is 1. The van der Waals surface area contributed by atoms with Gasteiger partial charge in [-0.05, 0) is 13.3 Å². The van der Waals surface area contributed by atoms with Gasteiger partial charge in [-0.2, -0.15) is 0 Å². The van der Waals surface area contributed by atoms with Gasteiger partial charge in [0.15, 0.2) is 0 Å². The van der Waals surface area contributed by atoms with Crippen LogP contribution in [0.5, 0.6) is 0 Å². The lowest BCUT2D eigenvalue weighted by molar-refractivity contribution is -0.126. The van der Waals surface area contributed by atoms with Crippen molar-refractivity contribution in [2.45, 2.75) is 25.8 Å². The van der Waals surface area contributed by atoms with Gasteiger partial charge in [0.1, 0.15) is 6.54 Å². The molecule has 7 heteroatoms. The molecule has 1 atom stereocenters. The van der Waals surface area contributed by atoms with Crippen LogP contribution in [0.1, 0.15) is 19.8 Å². The van der Waals surface area contributed by atoms with Crippen LogP contribution in [-0.4, -0.2) is 65.5 Å². The Labute approximate surface area is 106 Å². The molecule has 0 spiro atoms. The van der Waals surface area contributed by atoms with E-state index in [9.17, 15) is 14.4 Å². The fourth-order valence-corrected chi connectivity index (χ4v) is 1.68. The van der Waals surface area contributed by atoms with E-state index in [1.54, 1.807) is 14.0 Å². The van der Waals surface area contributed by atoms with Crippen molar-refractivity contribution in [3.05, 3.63) is 0 Å². The molecule has 7 nitrogen and oxygen atoms in total. The first-order valence-corrected chi connectivity index (χ1v) is 5.91. The summed E-state index contributed by atoms with van der Waals surface area (Å²) in [6.45, 7) is 1.94. The second-order valence-electron chi connectivity index (χ2n) is 4.44. The highest BCUT2D eigenvalue weighted by molar-refractivity contribution is 6.01. The number of carbonyl (C=O) groups excluding carboxylic acids is 3. The summed E-state index contributed by atoms with van der Waals surface area (Å²) in [5, 5.41) is 11.4. The predicted molar refractivity (Wildman–Crippen MR) is 63.7 cm³/mol. The van der Waals surface area contributed by atoms with Crippen molar-refractivity contribution in [1.82, 2.24) is 15.1 Å². The van der Waals surface area contributed by atoms with E-state index in [4.69, 9.17) is 5.11 Å². The number of aliphatic hydroxyl groups excluding tert-OH is 1. The predicted octanol–water partition coefficient (Wildman–Crippen LogP) is -0.842. The summed E-state index contributed by atoms with van der Waals surface area (Å²) in [6.07, 6.45) is 0.653. The standard InChI is InChI=1S/C11H19N3O4/c1-8(7-15)12-9(16)4-3-5-14-10(17)6-13(2)11(14)18/h8,15H,3-7H2,1-2H3,(H,12,16)/t8-/m1/s1. The van der Waals surface area contributed by atoms with E-state index in [0.29, 0.717) is 6.42 Å². The maximum Gasteiger partial charge on any atom is 0.326 e. The van der Waals surface area contributed by atoms with Crippen LogP contribution < -0.4 is 5.32 Å². The molecule has 1 rings (SSSR count). The van der Waals surface area contributed by atoms with Gasteiger partial charge in [0, 0.05) is 26.1 Å². The van der Waals surface area contributed by atoms with E-state index >= 15 is 0 Å². The number of rotatable bonds is 6. The number of carbonyl (C=O) groups is 3. The first-order valence-electron chi connectivity index (χ1n) is 5.91. The lowest BCUT2D eigenvalue weighted by atomic mass is 10.2. The Kier molecular flexibility index (Phi) is 5.08. The van der Waals surface area contributed by atoms with E-state index < -0.39 is 0 Å². The van der Waals surface area contributed by atoms with Gasteiger partial charge < -0.3 is 15.3 Å². The minimum absolute atomic E-state index is 0.104. The molecular weight excluding hydrogens is 238 g/mol. The van der Waals surface area contributed by atoms with Gasteiger partial charge >= 0.3 is 6.03 Å². The molecule has 102 valence electrons. The first kappa shape index (κ1) is 14.4. The van der Waals surface area contributed by atoms with Crippen molar-refractivity contribution in [2.75, 3.05) is 26.7 Å². The lowest BCUT2D eigenvalue weighted by Crippen LogP contribution is -2.36. The zero-order chi connectivity index (χ0) is 13.7. The molecule has 2 N–H and O–H groups in total. The molecule has 0 aliphatic carbocycles. The molecule has 0 radical (unpaired) electrons. The van der Waals surface area contributed by atoms with Crippen LogP contribution in [0, 0.1) is 0 Å². The molecule has 1 saturated heterocycles. The SMILES string of the molecule is C[C@H](CO)NC(=O)CCCN1C(=O)CN(C)C1=O. The second-order valence-corrected chi connectivity index (χ2v) is 4.44. The van der Waals surface area contributed by atoms with E-state index in [-0.39, 0.29) is 50.0 Å². The number of hydrogen-bond acceptors (Lipinski definition) is 4. The van der Waals surface area contributed by atoms with Gasteiger partial charge in [-0.25, -0.2) is 4.79 Å². The third kappa shape index (κ3) is 3.69. The molecule has 1 heterocycles. The Balaban J connectivity index is 2.28. The summed E-state index contributed by atoms with van der Waals surface area (Å²) >= 11 is 0. The maximum absolute atomic E-state index is 11.5. The first-order chi connectivity index (χ1) is 8.45. The Morgan fingerprint density at radius 1 is 1.50 bits per heavy atom. The quantitative estimate of drug-likeness (QED) is 0.607. The van der Waals surface area contributed by atoms with Gasteiger partial charge in [-0.15, -0.1) is 0 Å². The second kappa shape index (κ2) is 6.34. The zero-order valence-electron chi connectivity index (χ0n) is 10.7. The highest BCUT2D eigenvalue weighted by Gasteiger charge is 2.32. The fraction of sp³-hybridized carbons (Fsp3) is 0.727. The number of amides is 4. The van der Waals surface area contributed by atoms with Gasteiger partial charge in [-0.3, -0.25) is 14.5 Å². The van der Waals surface area contributed by atoms with Crippen LogP contribution in [0.4, 0.5) is 4.79 Å². The number of nitrogens with one attached hydrogen (secondary N) is 1. The van der Waals surface area contributed by atoms with Crippen LogP contribution in [0.15, 0.2) is 0 Å². The largest absolute Gasteiger partial charge is 0.394 e. The van der Waals surface area contributed by atoms with Crippen molar-refractivity contribution < 1.29 is 19.5 Å². The topological polar surface area (TPSA) is 89.9 Å². The van der Waals surface area contributed by atoms with Gasteiger partial charge in [0.05, 0.1) is 6.61 Å². The maximum atomic E-state index is 11.5.